The summed E-state index contributed by atoms with van der Waals surface area (Å²) in [7, 11) is 0. The van der Waals surface area contributed by atoms with Crippen LogP contribution in [-0.4, -0.2) is 10.5 Å². The predicted octanol–water partition coefficient (Wildman–Crippen LogP) is 4.69. The number of terminal acetylenes is 1. The van der Waals surface area contributed by atoms with Crippen molar-refractivity contribution >= 4 is 50.7 Å². The van der Waals surface area contributed by atoms with E-state index in [0.29, 0.717) is 27.0 Å². The second-order valence-corrected chi connectivity index (χ2v) is 7.05. The van der Waals surface area contributed by atoms with Crippen molar-refractivity contribution in [2.24, 2.45) is 4.99 Å². The number of thiazole rings is 1. The highest BCUT2D eigenvalue weighted by atomic mass is 35.5. The highest BCUT2D eigenvalue weighted by Crippen LogP contribution is 2.22. The van der Waals surface area contributed by atoms with Crippen molar-refractivity contribution in [3.8, 4) is 12.3 Å². The first-order valence-corrected chi connectivity index (χ1v) is 8.64. The summed E-state index contributed by atoms with van der Waals surface area (Å²) in [6, 6.07) is 10.6. The first-order chi connectivity index (χ1) is 11.5. The molecule has 6 heteroatoms. The minimum atomic E-state index is -0.408. The molecule has 120 valence electrons. The van der Waals surface area contributed by atoms with Gasteiger partial charge in [-0.3, -0.25) is 4.79 Å². The van der Waals surface area contributed by atoms with Crippen LogP contribution in [0.15, 0.2) is 41.4 Å². The highest BCUT2D eigenvalue weighted by Gasteiger charge is 2.11. The van der Waals surface area contributed by atoms with Crippen LogP contribution in [0.5, 0.6) is 0 Å². The van der Waals surface area contributed by atoms with Gasteiger partial charge in [0.1, 0.15) is 0 Å². The Kier molecular flexibility index (Phi) is 4.77. The fraction of sp³-hybridized carbons (Fsp3) is 0.111. The molecule has 1 amide bonds. The van der Waals surface area contributed by atoms with Crippen LogP contribution in [-0.2, 0) is 6.54 Å². The molecule has 0 aliphatic rings. The SMILES string of the molecule is C#CCn1c(=NC(=O)c2cc(Cl)cc(Cl)c2)sc2cccc(C)c21. The van der Waals surface area contributed by atoms with Crippen LogP contribution in [0.4, 0.5) is 0 Å². The fourth-order valence-corrected chi connectivity index (χ4v) is 4.09. The zero-order chi connectivity index (χ0) is 17.3. The van der Waals surface area contributed by atoms with E-state index in [0.717, 1.165) is 15.8 Å². The van der Waals surface area contributed by atoms with E-state index in [-0.39, 0.29) is 0 Å². The molecule has 24 heavy (non-hydrogen) atoms. The van der Waals surface area contributed by atoms with Crippen molar-refractivity contribution in [1.29, 1.82) is 0 Å². The molecule has 0 spiro atoms. The van der Waals surface area contributed by atoms with Gasteiger partial charge < -0.3 is 4.57 Å². The van der Waals surface area contributed by atoms with Gasteiger partial charge in [0.05, 0.1) is 16.8 Å². The molecule has 0 fully saturated rings. The summed E-state index contributed by atoms with van der Waals surface area (Å²) < 4.78 is 2.90. The Balaban J connectivity index is 2.19. The molecule has 0 radical (unpaired) electrons. The number of fused-ring (bicyclic) bond motifs is 1. The normalized spacial score (nSPS) is 11.7. The minimum absolute atomic E-state index is 0.341. The van der Waals surface area contributed by atoms with Crippen LogP contribution in [0.25, 0.3) is 10.2 Å². The van der Waals surface area contributed by atoms with Crippen LogP contribution < -0.4 is 4.80 Å². The molecule has 0 unspecified atom stereocenters. The summed E-state index contributed by atoms with van der Waals surface area (Å²) >= 11 is 13.3. The lowest BCUT2D eigenvalue weighted by atomic mass is 10.2. The van der Waals surface area contributed by atoms with E-state index in [4.69, 9.17) is 29.6 Å². The Bertz CT molecular complexity index is 1040. The first kappa shape index (κ1) is 16.8. The molecule has 0 aliphatic carbocycles. The van der Waals surface area contributed by atoms with Gasteiger partial charge in [-0.1, -0.05) is 52.6 Å². The third-order valence-corrected chi connectivity index (χ3v) is 4.94. The van der Waals surface area contributed by atoms with Gasteiger partial charge in [-0.25, -0.2) is 0 Å². The third-order valence-electron chi connectivity index (χ3n) is 3.46. The standard InChI is InChI=1S/C18H12Cl2N2OS/c1-3-7-22-16-11(2)5-4-6-15(16)24-18(22)21-17(23)12-8-13(19)10-14(20)9-12/h1,4-6,8-10H,7H2,2H3. The van der Waals surface area contributed by atoms with Gasteiger partial charge in [0.25, 0.3) is 5.91 Å². The molecule has 0 atom stereocenters. The molecular weight excluding hydrogens is 363 g/mol. The van der Waals surface area contributed by atoms with E-state index < -0.39 is 5.91 Å². The largest absolute Gasteiger partial charge is 0.304 e. The van der Waals surface area contributed by atoms with Crippen molar-refractivity contribution in [2.45, 2.75) is 13.5 Å². The molecule has 3 nitrogen and oxygen atoms in total. The highest BCUT2D eigenvalue weighted by molar-refractivity contribution is 7.16. The number of benzene rings is 2. The Hall–Kier alpha value is -2.06. The topological polar surface area (TPSA) is 34.4 Å². The van der Waals surface area contributed by atoms with Crippen LogP contribution in [0.3, 0.4) is 0 Å². The number of hydrogen-bond acceptors (Lipinski definition) is 2. The van der Waals surface area contributed by atoms with E-state index in [2.05, 4.69) is 10.9 Å². The first-order valence-electron chi connectivity index (χ1n) is 7.07. The van der Waals surface area contributed by atoms with Crippen molar-refractivity contribution in [1.82, 2.24) is 4.57 Å². The minimum Gasteiger partial charge on any atom is -0.304 e. The Labute approximate surface area is 153 Å². The number of halogens is 2. The summed E-state index contributed by atoms with van der Waals surface area (Å²) in [5, 5.41) is 0.787. The third kappa shape index (κ3) is 3.25. The summed E-state index contributed by atoms with van der Waals surface area (Å²) in [5.41, 5.74) is 2.42. The summed E-state index contributed by atoms with van der Waals surface area (Å²) in [4.78, 5) is 17.3. The maximum Gasteiger partial charge on any atom is 0.279 e. The molecular formula is C18H12Cl2N2OS. The zero-order valence-electron chi connectivity index (χ0n) is 12.7. The molecule has 1 aromatic heterocycles. The van der Waals surface area contributed by atoms with Gasteiger partial charge in [0.2, 0.25) is 0 Å². The summed E-state index contributed by atoms with van der Waals surface area (Å²) in [5.74, 6) is 2.21. The molecule has 0 N–H and O–H groups in total. The van der Waals surface area contributed by atoms with Crippen LogP contribution in [0.1, 0.15) is 15.9 Å². The number of aromatic nitrogens is 1. The molecule has 2 aromatic carbocycles. The average molecular weight is 375 g/mol. The average Bonchev–Trinajstić information content (AvgIpc) is 2.85. The smallest absolute Gasteiger partial charge is 0.279 e. The van der Waals surface area contributed by atoms with Gasteiger partial charge in [0, 0.05) is 15.6 Å². The van der Waals surface area contributed by atoms with Crippen molar-refractivity contribution in [3.63, 3.8) is 0 Å². The Morgan fingerprint density at radius 1 is 1.29 bits per heavy atom. The van der Waals surface area contributed by atoms with Gasteiger partial charge in [0.15, 0.2) is 4.80 Å². The number of hydrogen-bond donors (Lipinski definition) is 0. The van der Waals surface area contributed by atoms with Gasteiger partial charge in [-0.2, -0.15) is 4.99 Å². The maximum absolute atomic E-state index is 12.5. The number of carbonyl (C=O) groups is 1. The van der Waals surface area contributed by atoms with E-state index in [1.54, 1.807) is 18.2 Å². The Morgan fingerprint density at radius 3 is 2.67 bits per heavy atom. The van der Waals surface area contributed by atoms with Crippen LogP contribution in [0.2, 0.25) is 10.0 Å². The number of para-hydroxylation sites is 1. The lowest BCUT2D eigenvalue weighted by Gasteiger charge is -2.03. The quantitative estimate of drug-likeness (QED) is 0.599. The molecule has 0 bridgehead atoms. The lowest BCUT2D eigenvalue weighted by Crippen LogP contribution is -2.16. The molecule has 3 aromatic rings. The molecule has 0 saturated heterocycles. The molecule has 0 saturated carbocycles. The molecule has 0 aliphatic heterocycles. The van der Waals surface area contributed by atoms with Gasteiger partial charge >= 0.3 is 0 Å². The van der Waals surface area contributed by atoms with E-state index in [9.17, 15) is 4.79 Å². The fourth-order valence-electron chi connectivity index (χ4n) is 2.46. The van der Waals surface area contributed by atoms with E-state index in [1.807, 2.05) is 29.7 Å². The van der Waals surface area contributed by atoms with Gasteiger partial charge in [-0.05, 0) is 36.8 Å². The van der Waals surface area contributed by atoms with Crippen molar-refractivity contribution < 1.29 is 4.79 Å². The van der Waals surface area contributed by atoms with Crippen molar-refractivity contribution in [3.05, 3.63) is 62.4 Å². The van der Waals surface area contributed by atoms with Crippen molar-refractivity contribution in [2.75, 3.05) is 0 Å². The number of aryl methyl sites for hydroxylation is 1. The van der Waals surface area contributed by atoms with E-state index in [1.165, 1.54) is 11.3 Å². The predicted molar refractivity (Wildman–Crippen MR) is 99.7 cm³/mol. The number of rotatable bonds is 2. The summed E-state index contributed by atoms with van der Waals surface area (Å²) in [6.07, 6.45) is 5.48. The second-order valence-electron chi connectivity index (χ2n) is 5.17. The Morgan fingerprint density at radius 2 is 2.00 bits per heavy atom. The molecule has 3 rings (SSSR count). The zero-order valence-corrected chi connectivity index (χ0v) is 15.0. The van der Waals surface area contributed by atoms with Crippen LogP contribution in [0, 0.1) is 19.3 Å². The summed E-state index contributed by atoms with van der Waals surface area (Å²) in [6.45, 7) is 2.34. The monoisotopic (exact) mass is 374 g/mol. The maximum atomic E-state index is 12.5. The second kappa shape index (κ2) is 6.82. The van der Waals surface area contributed by atoms with E-state index >= 15 is 0 Å². The molecule has 1 heterocycles. The lowest BCUT2D eigenvalue weighted by molar-refractivity contribution is 0.0998. The van der Waals surface area contributed by atoms with Crippen LogP contribution >= 0.6 is 34.5 Å². The number of amides is 1. The number of carbonyl (C=O) groups excluding carboxylic acids is 1. The van der Waals surface area contributed by atoms with Gasteiger partial charge in [-0.15, -0.1) is 6.42 Å². The number of nitrogens with zero attached hydrogens (tertiary/aromatic N) is 2.